The van der Waals surface area contributed by atoms with Gasteiger partial charge in [-0.15, -0.1) is 0 Å². The molecule has 8 amide bonds. The zero-order valence-electron chi connectivity index (χ0n) is 50.5. The normalized spacial score (nSPS) is 23.3. The van der Waals surface area contributed by atoms with Crippen molar-refractivity contribution in [2.75, 3.05) is 27.2 Å². The first-order valence-corrected chi connectivity index (χ1v) is 31.7. The van der Waals surface area contributed by atoms with Gasteiger partial charge in [0.15, 0.2) is 0 Å². The fourth-order valence-electron chi connectivity index (χ4n) is 13.8. The lowest BCUT2D eigenvalue weighted by atomic mass is 9.81. The molecule has 3 aliphatic carbocycles. The highest BCUT2D eigenvalue weighted by molar-refractivity contribution is 5.96. The number of carbonyl (C=O) groups is 8. The Hall–Kier alpha value is -7.44. The standard InChI is InChI=1S/C68H90N10O8/c1-43(69-3)61(79)75-59(49-31-19-9-20-32-49)67(85)77-41-53(39-55(77)65(83)73-57(45-23-11-5-12-24-45)46-25-13-6-14-26-46)71-63(81)51-35-37-52(38-36-51)64(82)72-54-40-56(66(84)74-58(47-27-15-7-16-28-47)48-29-17-8-18-30-48)78(42-54)68(86)60(50-33-21-10-22-34-50)76-62(80)44(2)70-4/h5-8,11-18,23-30,43-44,49-60,69-70H,9-10,19-22,31-42H2,1-4H3,(H,71,81)(H,72,82)(H,73,83)(H,74,84)(H,75,79)(H,76,80)/t43-,44-,51?,52?,53-,54-,55-,56-,59-,60-/m0/s1. The average Bonchev–Trinajstić information content (AvgIpc) is 2.33. The summed E-state index contributed by atoms with van der Waals surface area (Å²) in [7, 11) is 3.39. The molecule has 0 radical (unpaired) electrons. The maximum absolute atomic E-state index is 15.1. The minimum Gasteiger partial charge on any atom is -0.351 e. The van der Waals surface area contributed by atoms with Crippen molar-refractivity contribution < 1.29 is 38.4 Å². The minimum absolute atomic E-state index is 0.0738. The van der Waals surface area contributed by atoms with E-state index >= 15 is 9.59 Å². The fourth-order valence-corrected chi connectivity index (χ4v) is 13.8. The first-order valence-electron chi connectivity index (χ1n) is 31.7. The number of amides is 8. The molecule has 18 heteroatoms. The molecule has 9 rings (SSSR count). The zero-order chi connectivity index (χ0) is 60.7. The first-order chi connectivity index (χ1) is 41.7. The van der Waals surface area contributed by atoms with Gasteiger partial charge in [0.2, 0.25) is 47.3 Å². The SMILES string of the molecule is CN[C@@H](C)C(=O)N[C@H](C(=O)N1C[C@@H](NC(=O)C2CCC(C(=O)N[C@H]3C[C@@H](C(=O)NC(c4ccccc4)c4ccccc4)N(C(=O)[C@@H](NC(=O)[C@H](C)NC)C4CCCCC4)C3)CC2)C[C@H]1C(=O)NC(c1ccccc1)c1ccccc1)C1CCCCC1. The number of rotatable bonds is 22. The van der Waals surface area contributed by atoms with E-state index in [0.717, 1.165) is 86.5 Å². The molecule has 4 aromatic carbocycles. The van der Waals surface area contributed by atoms with E-state index in [1.165, 1.54) is 0 Å². The summed E-state index contributed by atoms with van der Waals surface area (Å²) in [6.45, 7) is 3.63. The lowest BCUT2D eigenvalue weighted by Crippen LogP contribution is -2.58. The predicted octanol–water partition coefficient (Wildman–Crippen LogP) is 6.12. The number of nitrogens with zero attached hydrogens (tertiary/aromatic N) is 2. The van der Waals surface area contributed by atoms with Crippen LogP contribution in [0, 0.1) is 23.7 Å². The van der Waals surface area contributed by atoms with E-state index in [1.807, 2.05) is 121 Å². The molecule has 5 fully saturated rings. The van der Waals surface area contributed by atoms with Crippen molar-refractivity contribution in [3.63, 3.8) is 0 Å². The molecule has 4 aromatic rings. The number of carbonyl (C=O) groups excluding carboxylic acids is 8. The maximum atomic E-state index is 15.1. The summed E-state index contributed by atoms with van der Waals surface area (Å²) >= 11 is 0. The first kappa shape index (κ1) is 63.1. The van der Waals surface area contributed by atoms with Crippen molar-refractivity contribution >= 4 is 47.3 Å². The van der Waals surface area contributed by atoms with Crippen molar-refractivity contribution in [3.05, 3.63) is 144 Å². The second-order valence-corrected chi connectivity index (χ2v) is 24.8. The molecule has 2 aliphatic heterocycles. The Morgan fingerprint density at radius 3 is 0.988 bits per heavy atom. The molecule has 460 valence electrons. The van der Waals surface area contributed by atoms with Gasteiger partial charge in [0.1, 0.15) is 24.2 Å². The smallest absolute Gasteiger partial charge is 0.246 e. The lowest BCUT2D eigenvalue weighted by Gasteiger charge is -2.35. The molecular formula is C68H90N10O8. The highest BCUT2D eigenvalue weighted by Crippen LogP contribution is 2.35. The van der Waals surface area contributed by atoms with E-state index in [4.69, 9.17) is 0 Å². The number of likely N-dealkylation sites (N-methyl/N-ethyl adjacent to an activating group) is 2. The Kier molecular flexibility index (Phi) is 22.2. The maximum Gasteiger partial charge on any atom is 0.246 e. The third-order valence-corrected chi connectivity index (χ3v) is 19.1. The van der Waals surface area contributed by atoms with Gasteiger partial charge in [-0.1, -0.05) is 160 Å². The fraction of sp³-hybridized carbons (Fsp3) is 0.529. The summed E-state index contributed by atoms with van der Waals surface area (Å²) in [6.07, 6.45) is 10.9. The van der Waals surface area contributed by atoms with E-state index in [2.05, 4.69) is 42.5 Å². The second kappa shape index (κ2) is 30.3. The van der Waals surface area contributed by atoms with Gasteiger partial charge < -0.3 is 52.3 Å². The molecule has 0 unspecified atom stereocenters. The molecule has 2 heterocycles. The molecule has 0 bridgehead atoms. The monoisotopic (exact) mass is 1170 g/mol. The van der Waals surface area contributed by atoms with Crippen LogP contribution in [0.3, 0.4) is 0 Å². The van der Waals surface area contributed by atoms with Gasteiger partial charge in [-0.05, 0) is 126 Å². The summed E-state index contributed by atoms with van der Waals surface area (Å²) in [4.78, 5) is 119. The summed E-state index contributed by atoms with van der Waals surface area (Å²) in [5.74, 6) is -3.52. The lowest BCUT2D eigenvalue weighted by molar-refractivity contribution is -0.143. The Labute approximate surface area is 507 Å². The van der Waals surface area contributed by atoms with Crippen LogP contribution >= 0.6 is 0 Å². The van der Waals surface area contributed by atoms with Gasteiger partial charge >= 0.3 is 0 Å². The summed E-state index contributed by atoms with van der Waals surface area (Å²) in [6, 6.07) is 31.7. The van der Waals surface area contributed by atoms with Crippen LogP contribution in [0.2, 0.25) is 0 Å². The van der Waals surface area contributed by atoms with E-state index in [9.17, 15) is 28.8 Å². The van der Waals surface area contributed by atoms with Gasteiger partial charge in [0, 0.05) is 37.0 Å². The summed E-state index contributed by atoms with van der Waals surface area (Å²) < 4.78 is 0. The van der Waals surface area contributed by atoms with E-state index in [0.29, 0.717) is 25.7 Å². The van der Waals surface area contributed by atoms with Crippen LogP contribution in [0.5, 0.6) is 0 Å². The summed E-state index contributed by atoms with van der Waals surface area (Å²) in [5, 5.41) is 25.1. The molecule has 2 saturated heterocycles. The molecule has 18 nitrogen and oxygen atoms in total. The van der Waals surface area contributed by atoms with E-state index < -0.39 is 72.3 Å². The molecule has 8 atom stereocenters. The highest BCUT2D eigenvalue weighted by atomic mass is 16.2. The van der Waals surface area contributed by atoms with Crippen LogP contribution in [0.4, 0.5) is 0 Å². The zero-order valence-corrected chi connectivity index (χ0v) is 50.5. The Bertz CT molecular complexity index is 2640. The van der Waals surface area contributed by atoms with Crippen LogP contribution in [-0.2, 0) is 38.4 Å². The van der Waals surface area contributed by atoms with Gasteiger partial charge in [-0.2, -0.15) is 0 Å². The van der Waals surface area contributed by atoms with Crippen LogP contribution in [-0.4, -0.2) is 133 Å². The molecular weight excluding hydrogens is 1080 g/mol. The Morgan fingerprint density at radius 1 is 0.395 bits per heavy atom. The van der Waals surface area contributed by atoms with Gasteiger partial charge in [-0.3, -0.25) is 38.4 Å². The number of likely N-dealkylation sites (tertiary alicyclic amines) is 2. The van der Waals surface area contributed by atoms with Crippen LogP contribution in [0.25, 0.3) is 0 Å². The molecule has 0 spiro atoms. The molecule has 8 N–H and O–H groups in total. The Morgan fingerprint density at radius 2 is 0.698 bits per heavy atom. The quantitative estimate of drug-likeness (QED) is 0.0449. The Balaban J connectivity index is 0.886. The number of hydrogen-bond donors (Lipinski definition) is 8. The topological polar surface area (TPSA) is 239 Å². The number of nitrogens with one attached hydrogen (secondary N) is 8. The van der Waals surface area contributed by atoms with Gasteiger partial charge in [0.25, 0.3) is 0 Å². The van der Waals surface area contributed by atoms with Crippen molar-refractivity contribution in [1.29, 1.82) is 0 Å². The van der Waals surface area contributed by atoms with Crippen molar-refractivity contribution in [1.82, 2.24) is 52.3 Å². The van der Waals surface area contributed by atoms with Crippen LogP contribution < -0.4 is 42.5 Å². The third kappa shape index (κ3) is 15.8. The van der Waals surface area contributed by atoms with Gasteiger partial charge in [-0.25, -0.2) is 0 Å². The van der Waals surface area contributed by atoms with Crippen molar-refractivity contribution in [2.24, 2.45) is 23.7 Å². The highest BCUT2D eigenvalue weighted by Gasteiger charge is 2.48. The largest absolute Gasteiger partial charge is 0.351 e. The van der Waals surface area contributed by atoms with Gasteiger partial charge in [0.05, 0.1) is 24.2 Å². The molecule has 86 heavy (non-hydrogen) atoms. The third-order valence-electron chi connectivity index (χ3n) is 19.1. The van der Waals surface area contributed by atoms with Crippen LogP contribution in [0.15, 0.2) is 121 Å². The summed E-state index contributed by atoms with van der Waals surface area (Å²) in [5.41, 5.74) is 3.48. The number of benzene rings is 4. The molecule has 0 aromatic heterocycles. The van der Waals surface area contributed by atoms with E-state index in [-0.39, 0.29) is 85.0 Å². The van der Waals surface area contributed by atoms with Crippen LogP contribution in [0.1, 0.15) is 151 Å². The molecule has 5 aliphatic rings. The predicted molar refractivity (Wildman–Crippen MR) is 329 cm³/mol. The second-order valence-electron chi connectivity index (χ2n) is 24.8. The number of hydrogen-bond acceptors (Lipinski definition) is 10. The molecule has 3 saturated carbocycles. The van der Waals surface area contributed by atoms with Crippen molar-refractivity contribution in [3.8, 4) is 0 Å². The average molecular weight is 1180 g/mol. The van der Waals surface area contributed by atoms with Crippen molar-refractivity contribution in [2.45, 2.75) is 177 Å². The van der Waals surface area contributed by atoms with E-state index in [1.54, 1.807) is 37.7 Å². The minimum atomic E-state index is -0.951.